The second-order valence-electron chi connectivity index (χ2n) is 4.56. The number of hydrogen-bond acceptors (Lipinski definition) is 3. The van der Waals surface area contributed by atoms with Gasteiger partial charge in [0.1, 0.15) is 5.65 Å². The Morgan fingerprint density at radius 2 is 2.10 bits per heavy atom. The first kappa shape index (κ1) is 18.7. The van der Waals surface area contributed by atoms with E-state index in [0.29, 0.717) is 13.1 Å². The Morgan fingerprint density at radius 3 is 2.75 bits per heavy atom. The Bertz CT molecular complexity index is 570. The van der Waals surface area contributed by atoms with Gasteiger partial charge in [-0.3, -0.25) is 4.79 Å². The number of nitrogens with one attached hydrogen (secondary N) is 1. The van der Waals surface area contributed by atoms with Crippen molar-refractivity contribution in [2.75, 3.05) is 6.54 Å². The summed E-state index contributed by atoms with van der Waals surface area (Å²) in [6.07, 6.45) is 3.94. The third kappa shape index (κ3) is 4.37. The van der Waals surface area contributed by atoms with E-state index in [-0.39, 0.29) is 36.6 Å². The van der Waals surface area contributed by atoms with Crippen molar-refractivity contribution in [2.45, 2.75) is 20.4 Å². The second kappa shape index (κ2) is 8.09. The maximum absolute atomic E-state index is 11.6. The molecule has 0 bridgehead atoms. The molecule has 112 valence electrons. The molecule has 2 aromatic rings. The molecule has 3 N–H and O–H groups in total. The number of aryl methyl sites for hydroxylation is 1. The van der Waals surface area contributed by atoms with Crippen LogP contribution in [0.1, 0.15) is 18.2 Å². The number of pyridine rings is 1. The Morgan fingerprint density at radius 1 is 1.40 bits per heavy atom. The second-order valence-corrected chi connectivity index (χ2v) is 4.56. The van der Waals surface area contributed by atoms with Crippen molar-refractivity contribution in [3.05, 3.63) is 35.8 Å². The van der Waals surface area contributed by atoms with Gasteiger partial charge in [-0.1, -0.05) is 13.0 Å². The number of nitrogens with two attached hydrogens (primary N) is 1. The molecule has 0 radical (unpaired) electrons. The van der Waals surface area contributed by atoms with Gasteiger partial charge in [-0.05, 0) is 18.6 Å². The molecule has 0 spiro atoms. The first-order chi connectivity index (χ1) is 8.60. The van der Waals surface area contributed by atoms with E-state index in [9.17, 15) is 4.79 Å². The highest BCUT2D eigenvalue weighted by Crippen LogP contribution is 2.07. The van der Waals surface area contributed by atoms with Gasteiger partial charge in [0.25, 0.3) is 0 Å². The van der Waals surface area contributed by atoms with Gasteiger partial charge in [-0.25, -0.2) is 4.98 Å². The van der Waals surface area contributed by atoms with E-state index >= 15 is 0 Å². The zero-order chi connectivity index (χ0) is 13.1. The smallest absolute Gasteiger partial charge is 0.224 e. The number of nitrogens with zero attached hydrogens (tertiary/aromatic N) is 2. The lowest BCUT2D eigenvalue weighted by molar-refractivity contribution is -0.124. The summed E-state index contributed by atoms with van der Waals surface area (Å²) in [6.45, 7) is 4.63. The number of rotatable bonds is 4. The molecule has 0 saturated heterocycles. The molecule has 0 aliphatic rings. The molecule has 20 heavy (non-hydrogen) atoms. The average molecular weight is 319 g/mol. The molecule has 1 amide bonds. The average Bonchev–Trinajstić information content (AvgIpc) is 2.76. The van der Waals surface area contributed by atoms with E-state index in [2.05, 4.69) is 10.3 Å². The topological polar surface area (TPSA) is 72.4 Å². The minimum atomic E-state index is -0.163. The zero-order valence-corrected chi connectivity index (χ0v) is 13.1. The molecule has 1 unspecified atom stereocenters. The van der Waals surface area contributed by atoms with Crippen molar-refractivity contribution in [2.24, 2.45) is 11.7 Å². The van der Waals surface area contributed by atoms with Crippen LogP contribution in [0, 0.1) is 12.8 Å². The Kier molecular flexibility index (Phi) is 7.57. The molecule has 5 nitrogen and oxygen atoms in total. The molecule has 0 aromatic carbocycles. The van der Waals surface area contributed by atoms with E-state index in [1.54, 1.807) is 0 Å². The molecular weight excluding hydrogens is 299 g/mol. The fourth-order valence-electron chi connectivity index (χ4n) is 1.70. The lowest BCUT2D eigenvalue weighted by atomic mass is 10.2. The van der Waals surface area contributed by atoms with E-state index in [1.807, 2.05) is 42.8 Å². The summed E-state index contributed by atoms with van der Waals surface area (Å²) in [5.41, 5.74) is 8.34. The van der Waals surface area contributed by atoms with Crippen molar-refractivity contribution in [3.63, 3.8) is 0 Å². The molecule has 2 rings (SSSR count). The number of aromatic nitrogens is 2. The highest BCUT2D eigenvalue weighted by atomic mass is 35.5. The Labute approximate surface area is 130 Å². The lowest BCUT2D eigenvalue weighted by Gasteiger charge is -2.07. The third-order valence-electron chi connectivity index (χ3n) is 2.89. The summed E-state index contributed by atoms with van der Waals surface area (Å²) < 4.78 is 1.96. The monoisotopic (exact) mass is 318 g/mol. The summed E-state index contributed by atoms with van der Waals surface area (Å²) in [5, 5.41) is 2.83. The Hall–Kier alpha value is -1.30. The van der Waals surface area contributed by atoms with Gasteiger partial charge >= 0.3 is 0 Å². The fourth-order valence-corrected chi connectivity index (χ4v) is 1.70. The molecule has 1 atom stereocenters. The van der Waals surface area contributed by atoms with Crippen molar-refractivity contribution in [1.82, 2.24) is 14.7 Å². The number of carbonyl (C=O) groups excluding carboxylic acids is 1. The van der Waals surface area contributed by atoms with Crippen LogP contribution >= 0.6 is 24.8 Å². The first-order valence-corrected chi connectivity index (χ1v) is 6.02. The van der Waals surface area contributed by atoms with E-state index in [1.165, 1.54) is 5.56 Å². The summed E-state index contributed by atoms with van der Waals surface area (Å²) in [6, 6.07) is 3.98. The van der Waals surface area contributed by atoms with Crippen LogP contribution in [-0.2, 0) is 11.3 Å². The number of imidazole rings is 1. The van der Waals surface area contributed by atoms with Gasteiger partial charge < -0.3 is 15.5 Å². The van der Waals surface area contributed by atoms with Gasteiger partial charge in [0.15, 0.2) is 0 Å². The molecule has 0 aliphatic heterocycles. The summed E-state index contributed by atoms with van der Waals surface area (Å²) >= 11 is 0. The highest BCUT2D eigenvalue weighted by Gasteiger charge is 2.10. The van der Waals surface area contributed by atoms with Gasteiger partial charge in [0.2, 0.25) is 5.91 Å². The third-order valence-corrected chi connectivity index (χ3v) is 2.89. The van der Waals surface area contributed by atoms with Crippen molar-refractivity contribution in [1.29, 1.82) is 0 Å². The molecule has 0 fully saturated rings. The summed E-state index contributed by atoms with van der Waals surface area (Å²) in [5.74, 6) is -0.199. The minimum absolute atomic E-state index is 0. The quantitative estimate of drug-likeness (QED) is 0.901. The van der Waals surface area contributed by atoms with Crippen LogP contribution in [0.4, 0.5) is 0 Å². The van der Waals surface area contributed by atoms with Crippen LogP contribution in [0.25, 0.3) is 5.65 Å². The van der Waals surface area contributed by atoms with Gasteiger partial charge in [-0.2, -0.15) is 0 Å². The lowest BCUT2D eigenvalue weighted by Crippen LogP contribution is -2.32. The zero-order valence-electron chi connectivity index (χ0n) is 11.5. The number of amides is 1. The van der Waals surface area contributed by atoms with Crippen LogP contribution in [0.3, 0.4) is 0 Å². The largest absolute Gasteiger partial charge is 0.350 e. The van der Waals surface area contributed by atoms with Crippen molar-refractivity contribution in [3.8, 4) is 0 Å². The maximum atomic E-state index is 11.6. The van der Waals surface area contributed by atoms with Gasteiger partial charge in [-0.15, -0.1) is 24.8 Å². The van der Waals surface area contributed by atoms with Gasteiger partial charge in [0.05, 0.1) is 12.2 Å². The van der Waals surface area contributed by atoms with Crippen molar-refractivity contribution >= 4 is 36.4 Å². The Balaban J connectivity index is 0.00000180. The van der Waals surface area contributed by atoms with E-state index in [0.717, 1.165) is 11.3 Å². The van der Waals surface area contributed by atoms with Gasteiger partial charge in [0, 0.05) is 24.9 Å². The van der Waals surface area contributed by atoms with E-state index < -0.39 is 0 Å². The normalized spacial score (nSPS) is 11.3. The van der Waals surface area contributed by atoms with Crippen LogP contribution in [-0.4, -0.2) is 21.8 Å². The maximum Gasteiger partial charge on any atom is 0.224 e. The molecule has 0 saturated carbocycles. The molecule has 2 aromatic heterocycles. The molecule has 2 heterocycles. The van der Waals surface area contributed by atoms with E-state index in [4.69, 9.17) is 5.73 Å². The number of halogens is 2. The summed E-state index contributed by atoms with van der Waals surface area (Å²) in [4.78, 5) is 16.0. The predicted octanol–water partition coefficient (Wildman–Crippen LogP) is 1.70. The van der Waals surface area contributed by atoms with Crippen LogP contribution in [0.2, 0.25) is 0 Å². The van der Waals surface area contributed by atoms with Crippen LogP contribution < -0.4 is 11.1 Å². The number of fused-ring (bicyclic) bond motifs is 1. The SMILES string of the molecule is Cc1ccc2nc(CNC(=O)C(C)CN)cn2c1.Cl.Cl. The molecule has 0 aliphatic carbocycles. The van der Waals surface area contributed by atoms with Crippen molar-refractivity contribution < 1.29 is 4.79 Å². The minimum Gasteiger partial charge on any atom is -0.350 e. The summed E-state index contributed by atoms with van der Waals surface area (Å²) in [7, 11) is 0. The predicted molar refractivity (Wildman–Crippen MR) is 84.5 cm³/mol. The number of hydrogen-bond donors (Lipinski definition) is 2. The van der Waals surface area contributed by atoms with Crippen LogP contribution in [0.5, 0.6) is 0 Å². The first-order valence-electron chi connectivity index (χ1n) is 6.02. The highest BCUT2D eigenvalue weighted by molar-refractivity contribution is 5.85. The molecule has 7 heteroatoms. The van der Waals surface area contributed by atoms with Crippen LogP contribution in [0.15, 0.2) is 24.5 Å². The number of carbonyl (C=O) groups is 1. The standard InChI is InChI=1S/C13H18N4O.2ClH/c1-9-3-4-12-16-11(8-17(12)7-9)6-15-13(18)10(2)5-14;;/h3-4,7-8,10H,5-6,14H2,1-2H3,(H,15,18);2*1H. The fraction of sp³-hybridized carbons (Fsp3) is 0.385. The molecular formula is C13H20Cl2N4O.